The van der Waals surface area contributed by atoms with E-state index in [1.54, 1.807) is 0 Å². The van der Waals surface area contributed by atoms with E-state index < -0.39 is 0 Å². The van der Waals surface area contributed by atoms with Crippen LogP contribution >= 0.6 is 15.9 Å². The summed E-state index contributed by atoms with van der Waals surface area (Å²) >= 11 is 3.53. The fourth-order valence-corrected chi connectivity index (χ4v) is 5.26. The molecule has 1 atom stereocenters. The molecule has 1 aliphatic heterocycles. The number of amides is 1. The molecular weight excluding hydrogens is 364 g/mol. The van der Waals surface area contributed by atoms with Gasteiger partial charge in [0.1, 0.15) is 0 Å². The maximum Gasteiger partial charge on any atom is 0.223 e. The zero-order chi connectivity index (χ0) is 16.6. The molecule has 1 spiro atoms. The quantitative estimate of drug-likeness (QED) is 0.821. The number of hydrogen-bond donors (Lipinski definition) is 2. The first-order valence-electron chi connectivity index (χ1n) is 9.38. The van der Waals surface area contributed by atoms with Crippen LogP contribution in [0.4, 0.5) is 0 Å². The van der Waals surface area contributed by atoms with Crippen molar-refractivity contribution < 1.29 is 4.79 Å². The number of nitrogens with one attached hydrogen (secondary N) is 2. The molecule has 2 saturated carbocycles. The van der Waals surface area contributed by atoms with Crippen molar-refractivity contribution in [2.45, 2.75) is 50.4 Å². The summed E-state index contributed by atoms with van der Waals surface area (Å²) in [5.41, 5.74) is 1.86. The molecule has 1 heterocycles. The summed E-state index contributed by atoms with van der Waals surface area (Å²) < 4.78 is 1.12. The lowest BCUT2D eigenvalue weighted by Crippen LogP contribution is -2.41. The van der Waals surface area contributed by atoms with Crippen LogP contribution in [0.1, 0.15) is 50.5 Å². The Morgan fingerprint density at radius 2 is 1.79 bits per heavy atom. The maximum atomic E-state index is 12.7. The first-order valence-corrected chi connectivity index (χ1v) is 10.2. The van der Waals surface area contributed by atoms with Gasteiger partial charge in [0.2, 0.25) is 5.91 Å². The minimum atomic E-state index is 0.145. The van der Waals surface area contributed by atoms with Crippen LogP contribution in [0.15, 0.2) is 28.7 Å². The van der Waals surface area contributed by atoms with Gasteiger partial charge in [-0.05, 0) is 68.3 Å². The van der Waals surface area contributed by atoms with Gasteiger partial charge in [0, 0.05) is 22.4 Å². The molecule has 2 aliphatic carbocycles. The predicted molar refractivity (Wildman–Crippen MR) is 99.9 cm³/mol. The van der Waals surface area contributed by atoms with Crippen LogP contribution in [0, 0.1) is 11.3 Å². The smallest absolute Gasteiger partial charge is 0.223 e. The lowest BCUT2D eigenvalue weighted by molar-refractivity contribution is -0.123. The standard InChI is InChI=1S/C20H27BrN2O/c21-16-5-3-15(4-6-16)20(7-1-2-8-20)14-23-18(24)17-13-19(17)9-11-22-12-10-19/h3-6,17,22H,1-2,7-14H2,(H,23,24). The monoisotopic (exact) mass is 390 g/mol. The topological polar surface area (TPSA) is 41.1 Å². The number of piperidine rings is 1. The molecule has 3 aliphatic rings. The molecule has 2 N–H and O–H groups in total. The Morgan fingerprint density at radius 3 is 2.46 bits per heavy atom. The van der Waals surface area contributed by atoms with Crippen molar-refractivity contribution in [2.75, 3.05) is 19.6 Å². The molecule has 0 bridgehead atoms. The van der Waals surface area contributed by atoms with E-state index in [9.17, 15) is 4.79 Å². The molecular formula is C20H27BrN2O. The highest BCUT2D eigenvalue weighted by Crippen LogP contribution is 2.58. The van der Waals surface area contributed by atoms with Gasteiger partial charge in [0.25, 0.3) is 0 Å². The first-order chi connectivity index (χ1) is 11.6. The first kappa shape index (κ1) is 16.6. The molecule has 1 aromatic carbocycles. The summed E-state index contributed by atoms with van der Waals surface area (Å²) in [5, 5.41) is 6.75. The number of hydrogen-bond acceptors (Lipinski definition) is 2. The number of benzene rings is 1. The molecule has 3 fully saturated rings. The minimum absolute atomic E-state index is 0.145. The van der Waals surface area contributed by atoms with Crippen molar-refractivity contribution in [3.05, 3.63) is 34.3 Å². The van der Waals surface area contributed by atoms with Crippen LogP contribution in [0.3, 0.4) is 0 Å². The van der Waals surface area contributed by atoms with E-state index in [1.165, 1.54) is 44.1 Å². The molecule has 130 valence electrons. The molecule has 0 aromatic heterocycles. The molecule has 24 heavy (non-hydrogen) atoms. The third-order valence-electron chi connectivity index (χ3n) is 6.72. The van der Waals surface area contributed by atoms with Crippen molar-refractivity contribution in [2.24, 2.45) is 11.3 Å². The highest BCUT2D eigenvalue weighted by atomic mass is 79.9. The lowest BCUT2D eigenvalue weighted by Gasteiger charge is -2.30. The molecule has 1 amide bonds. The third-order valence-corrected chi connectivity index (χ3v) is 7.25. The highest BCUT2D eigenvalue weighted by molar-refractivity contribution is 9.10. The van der Waals surface area contributed by atoms with Crippen molar-refractivity contribution in [1.82, 2.24) is 10.6 Å². The van der Waals surface area contributed by atoms with Crippen molar-refractivity contribution in [3.8, 4) is 0 Å². The number of carbonyl (C=O) groups is 1. The second kappa shape index (κ2) is 6.45. The van der Waals surface area contributed by atoms with Crippen molar-refractivity contribution in [3.63, 3.8) is 0 Å². The van der Waals surface area contributed by atoms with E-state index in [0.717, 1.165) is 30.5 Å². The zero-order valence-corrected chi connectivity index (χ0v) is 15.8. The molecule has 4 rings (SSSR count). The molecule has 0 radical (unpaired) electrons. The second-order valence-corrected chi connectivity index (χ2v) is 9.00. The Bertz CT molecular complexity index is 601. The summed E-state index contributed by atoms with van der Waals surface area (Å²) in [6, 6.07) is 8.71. The van der Waals surface area contributed by atoms with Gasteiger partial charge in [-0.2, -0.15) is 0 Å². The van der Waals surface area contributed by atoms with Gasteiger partial charge in [0.15, 0.2) is 0 Å². The van der Waals surface area contributed by atoms with Crippen LogP contribution in [0.5, 0.6) is 0 Å². The third kappa shape index (κ3) is 3.03. The van der Waals surface area contributed by atoms with Crippen LogP contribution in [0.2, 0.25) is 0 Å². The minimum Gasteiger partial charge on any atom is -0.355 e. The number of rotatable bonds is 4. The SMILES string of the molecule is O=C(NCC1(c2ccc(Br)cc2)CCCC1)C1CC12CCNCC2. The average Bonchev–Trinajstić information content (AvgIpc) is 3.07. The van der Waals surface area contributed by atoms with Gasteiger partial charge >= 0.3 is 0 Å². The largest absolute Gasteiger partial charge is 0.355 e. The van der Waals surface area contributed by atoms with Gasteiger partial charge in [-0.1, -0.05) is 40.9 Å². The summed E-state index contributed by atoms with van der Waals surface area (Å²) in [6.45, 7) is 2.96. The summed E-state index contributed by atoms with van der Waals surface area (Å²) in [5.74, 6) is 0.572. The van der Waals surface area contributed by atoms with Crippen LogP contribution in [-0.4, -0.2) is 25.5 Å². The normalized spacial score (nSPS) is 27.1. The fourth-order valence-electron chi connectivity index (χ4n) is 5.00. The van der Waals surface area contributed by atoms with Crippen LogP contribution in [0.25, 0.3) is 0 Å². The van der Waals surface area contributed by atoms with E-state index in [4.69, 9.17) is 0 Å². The molecule has 1 unspecified atom stereocenters. The lowest BCUT2D eigenvalue weighted by atomic mass is 9.78. The summed E-state index contributed by atoms with van der Waals surface area (Å²) in [7, 11) is 0. The van der Waals surface area contributed by atoms with E-state index in [-0.39, 0.29) is 11.3 Å². The van der Waals surface area contributed by atoms with Crippen molar-refractivity contribution >= 4 is 21.8 Å². The zero-order valence-electron chi connectivity index (χ0n) is 14.2. The van der Waals surface area contributed by atoms with Gasteiger partial charge in [-0.15, -0.1) is 0 Å². The molecule has 3 nitrogen and oxygen atoms in total. The Morgan fingerprint density at radius 1 is 1.12 bits per heavy atom. The van der Waals surface area contributed by atoms with Crippen LogP contribution < -0.4 is 10.6 Å². The van der Waals surface area contributed by atoms with E-state index >= 15 is 0 Å². The molecule has 1 saturated heterocycles. The highest BCUT2D eigenvalue weighted by Gasteiger charge is 2.57. The fraction of sp³-hybridized carbons (Fsp3) is 0.650. The van der Waals surface area contributed by atoms with E-state index in [2.05, 4.69) is 50.8 Å². The van der Waals surface area contributed by atoms with Gasteiger partial charge in [-0.3, -0.25) is 4.79 Å². The molecule has 4 heteroatoms. The van der Waals surface area contributed by atoms with Crippen molar-refractivity contribution in [1.29, 1.82) is 0 Å². The Hall–Kier alpha value is -0.870. The van der Waals surface area contributed by atoms with E-state index in [0.29, 0.717) is 11.3 Å². The van der Waals surface area contributed by atoms with Gasteiger partial charge in [0.05, 0.1) is 0 Å². The number of carbonyl (C=O) groups excluding carboxylic acids is 1. The van der Waals surface area contributed by atoms with Gasteiger partial charge < -0.3 is 10.6 Å². The predicted octanol–water partition coefficient (Wildman–Crippen LogP) is 3.77. The Balaban J connectivity index is 1.41. The molecule has 1 aromatic rings. The average molecular weight is 391 g/mol. The summed E-state index contributed by atoms with van der Waals surface area (Å²) in [6.07, 6.45) is 8.36. The van der Waals surface area contributed by atoms with Crippen LogP contribution in [-0.2, 0) is 10.2 Å². The second-order valence-electron chi connectivity index (χ2n) is 8.08. The maximum absolute atomic E-state index is 12.7. The van der Waals surface area contributed by atoms with Gasteiger partial charge in [-0.25, -0.2) is 0 Å². The summed E-state index contributed by atoms with van der Waals surface area (Å²) in [4.78, 5) is 12.7. The van der Waals surface area contributed by atoms with E-state index in [1.807, 2.05) is 0 Å². The number of halogens is 1. The Kier molecular flexibility index (Phi) is 4.46. The Labute approximate surface area is 153 Å².